The number of alkyl halides is 1. The van der Waals surface area contributed by atoms with E-state index in [1.54, 1.807) is 27.7 Å². The van der Waals surface area contributed by atoms with Crippen LogP contribution in [-0.4, -0.2) is 73.8 Å². The van der Waals surface area contributed by atoms with Crippen molar-refractivity contribution in [2.45, 2.75) is 70.9 Å². The molecule has 0 aromatic carbocycles. The topological polar surface area (TPSA) is 156 Å². The van der Waals surface area contributed by atoms with Crippen LogP contribution >= 0.6 is 7.07 Å². The zero-order valence-corrected chi connectivity index (χ0v) is 21.2. The molecule has 1 aliphatic heterocycles. The highest BCUT2D eigenvalue weighted by molar-refractivity contribution is 8.02. The fraction of sp³-hybridized carbons (Fsp3) is 0.684. The summed E-state index contributed by atoms with van der Waals surface area (Å²) in [6.07, 6.45) is -2.81. The Kier molecular flexibility index (Phi) is 8.32. The van der Waals surface area contributed by atoms with Gasteiger partial charge in [-0.25, -0.2) is 9.37 Å². The molecule has 0 aliphatic carbocycles. The van der Waals surface area contributed by atoms with Gasteiger partial charge in [0.1, 0.15) is 24.9 Å². The van der Waals surface area contributed by atoms with Crippen LogP contribution in [0.5, 0.6) is 5.88 Å². The van der Waals surface area contributed by atoms with Gasteiger partial charge in [0.15, 0.2) is 23.1 Å². The first kappa shape index (κ1) is 26.5. The van der Waals surface area contributed by atoms with Crippen molar-refractivity contribution in [1.82, 2.24) is 24.6 Å². The number of fused-ring (bicyclic) bond motifs is 1. The van der Waals surface area contributed by atoms with Crippen LogP contribution in [0.1, 0.15) is 40.8 Å². The summed E-state index contributed by atoms with van der Waals surface area (Å²) in [6, 6.07) is -0.693. The van der Waals surface area contributed by atoms with E-state index in [0.29, 0.717) is 6.61 Å². The van der Waals surface area contributed by atoms with Gasteiger partial charge in [0.2, 0.25) is 23.6 Å². The Morgan fingerprint density at radius 2 is 2.18 bits per heavy atom. The first-order valence-electron chi connectivity index (χ1n) is 10.7. The number of aliphatic hydroxyl groups excluding tert-OH is 1. The predicted molar refractivity (Wildman–Crippen MR) is 124 cm³/mol. The molecular weight excluding hydrogens is 490 g/mol. The fourth-order valence-electron chi connectivity index (χ4n) is 3.39. The number of rotatable bonds is 10. The lowest BCUT2D eigenvalue weighted by atomic mass is 9.98. The van der Waals surface area contributed by atoms with E-state index in [1.807, 2.05) is 0 Å². The van der Waals surface area contributed by atoms with Crippen LogP contribution in [0.25, 0.3) is 11.2 Å². The van der Waals surface area contributed by atoms with E-state index >= 15 is 4.39 Å². The molecule has 2 aromatic rings. The molecule has 0 radical (unpaired) electrons. The van der Waals surface area contributed by atoms with Gasteiger partial charge in [0.05, 0.1) is 19.0 Å². The summed E-state index contributed by atoms with van der Waals surface area (Å²) in [5.41, 5.74) is 4.03. The number of carbonyl (C=O) groups is 1. The van der Waals surface area contributed by atoms with E-state index < -0.39 is 43.2 Å². The highest BCUT2D eigenvalue weighted by Crippen LogP contribution is 2.43. The number of imidazole rings is 1. The Bertz CT molecular complexity index is 1060. The molecule has 12 nitrogen and oxygen atoms in total. The van der Waals surface area contributed by atoms with Crippen LogP contribution in [-0.2, 0) is 30.6 Å². The highest BCUT2D eigenvalue weighted by Gasteiger charge is 2.56. The van der Waals surface area contributed by atoms with Crippen LogP contribution < -0.4 is 15.6 Å². The maximum absolute atomic E-state index is 15.6. The average Bonchev–Trinajstić information content (AvgIpc) is 3.25. The molecule has 188 valence electrons. The van der Waals surface area contributed by atoms with Gasteiger partial charge in [-0.2, -0.15) is 9.97 Å². The van der Waals surface area contributed by atoms with Crippen LogP contribution in [0, 0.1) is 0 Å². The van der Waals surface area contributed by atoms with Gasteiger partial charge in [-0.05, 0) is 34.6 Å². The molecule has 34 heavy (non-hydrogen) atoms. The number of nitrogens with one attached hydrogen (secondary N) is 1. The Morgan fingerprint density at radius 3 is 2.82 bits per heavy atom. The van der Waals surface area contributed by atoms with E-state index in [9.17, 15) is 9.90 Å². The van der Waals surface area contributed by atoms with Crippen molar-refractivity contribution in [3.05, 3.63) is 6.33 Å². The number of hydrogen-bond donors (Lipinski definition) is 3. The fourth-order valence-corrected chi connectivity index (χ4v) is 4.83. The van der Waals surface area contributed by atoms with Crippen LogP contribution in [0.15, 0.2) is 6.33 Å². The van der Waals surface area contributed by atoms with Crippen molar-refractivity contribution in [2.75, 3.05) is 18.9 Å². The predicted octanol–water partition coefficient (Wildman–Crippen LogP) is 1.51. The molecule has 6 unspecified atom stereocenters. The third-order valence-electron chi connectivity index (χ3n) is 5.02. The van der Waals surface area contributed by atoms with Gasteiger partial charge in [-0.15, -0.1) is 4.52 Å². The number of esters is 1. The molecule has 2 aromatic heterocycles. The molecule has 3 rings (SSSR count). The standard InChI is InChI=1S/C19H29FN6O6PS/c1-6-29-15-12-14(23-18(21)24-15)26(8-22-12)17-19(5,20)13(27)11(32-17)7-30-33(34)25-10(4)16(28)31-9(2)3/h8-11,13,17,27H,6-7H2,1-5H3,(H,25,34)(H2,21,23,24)/q+1. The minimum Gasteiger partial charge on any atom is -0.476 e. The summed E-state index contributed by atoms with van der Waals surface area (Å²) in [4.78, 5) is 24.3. The number of ether oxygens (including phenoxy) is 3. The van der Waals surface area contributed by atoms with Crippen molar-refractivity contribution >= 4 is 42.0 Å². The molecule has 0 bridgehead atoms. The van der Waals surface area contributed by atoms with Gasteiger partial charge in [-0.3, -0.25) is 9.36 Å². The summed E-state index contributed by atoms with van der Waals surface area (Å²) >= 11 is 5.24. The molecule has 1 aliphatic rings. The van der Waals surface area contributed by atoms with E-state index in [1.165, 1.54) is 17.8 Å². The van der Waals surface area contributed by atoms with Crippen molar-refractivity contribution in [3.8, 4) is 5.88 Å². The largest absolute Gasteiger partial charge is 0.476 e. The summed E-state index contributed by atoms with van der Waals surface area (Å²) < 4.78 is 38.9. The SMILES string of the molecule is CCOc1nc(N)nc2c1ncn2C1OC(CO[P+](=S)NC(C)C(=O)OC(C)C)C(O)C1(C)F. The van der Waals surface area contributed by atoms with Crippen LogP contribution in [0.4, 0.5) is 10.3 Å². The second-order valence-electron chi connectivity index (χ2n) is 8.16. The van der Waals surface area contributed by atoms with Gasteiger partial charge < -0.3 is 25.1 Å². The smallest absolute Gasteiger partial charge is 0.440 e. The molecule has 6 atom stereocenters. The molecule has 15 heteroatoms. The molecule has 4 N–H and O–H groups in total. The molecular formula is C19H29FN6O6PS+. The van der Waals surface area contributed by atoms with Gasteiger partial charge in [-0.1, -0.05) is 5.09 Å². The van der Waals surface area contributed by atoms with E-state index in [0.717, 1.165) is 0 Å². The van der Waals surface area contributed by atoms with Crippen LogP contribution in [0.2, 0.25) is 0 Å². The number of nitrogen functional groups attached to an aromatic ring is 1. The zero-order valence-electron chi connectivity index (χ0n) is 19.5. The average molecular weight is 520 g/mol. The van der Waals surface area contributed by atoms with E-state index in [2.05, 4.69) is 20.0 Å². The molecule has 0 spiro atoms. The maximum atomic E-state index is 15.6. The number of anilines is 1. The lowest BCUT2D eigenvalue weighted by molar-refractivity contribution is -0.148. The molecule has 3 heterocycles. The Labute approximate surface area is 201 Å². The molecule has 1 fully saturated rings. The summed E-state index contributed by atoms with van der Waals surface area (Å²) in [5, 5.41) is 13.4. The lowest BCUT2D eigenvalue weighted by Crippen LogP contribution is -2.40. The third kappa shape index (κ3) is 5.58. The van der Waals surface area contributed by atoms with Crippen molar-refractivity contribution in [3.63, 3.8) is 0 Å². The zero-order chi connectivity index (χ0) is 25.2. The van der Waals surface area contributed by atoms with Crippen molar-refractivity contribution in [2.24, 2.45) is 0 Å². The monoisotopic (exact) mass is 519 g/mol. The van der Waals surface area contributed by atoms with Crippen molar-refractivity contribution in [1.29, 1.82) is 0 Å². The summed E-state index contributed by atoms with van der Waals surface area (Å²) in [6.45, 7) is 8.17. The Balaban J connectivity index is 1.71. The maximum Gasteiger partial charge on any atom is 0.440 e. The molecule has 1 saturated heterocycles. The quantitative estimate of drug-likeness (QED) is 0.308. The first-order chi connectivity index (χ1) is 15.9. The highest BCUT2D eigenvalue weighted by atomic mass is 32.4. The lowest BCUT2D eigenvalue weighted by Gasteiger charge is -2.24. The number of halogens is 1. The number of hydrogen-bond acceptors (Lipinski definition) is 11. The molecule has 0 amide bonds. The van der Waals surface area contributed by atoms with E-state index in [-0.39, 0.29) is 35.7 Å². The third-order valence-corrected chi connectivity index (χ3v) is 6.63. The summed E-state index contributed by atoms with van der Waals surface area (Å²) in [5.74, 6) is -0.385. The number of aromatic nitrogens is 4. The number of nitrogens with two attached hydrogens (primary N) is 1. The normalized spacial score (nSPS) is 26.1. The second kappa shape index (κ2) is 10.7. The van der Waals surface area contributed by atoms with Gasteiger partial charge in [0, 0.05) is 0 Å². The Morgan fingerprint density at radius 1 is 1.47 bits per heavy atom. The number of nitrogens with zero attached hydrogens (tertiary/aromatic N) is 4. The van der Waals surface area contributed by atoms with Crippen molar-refractivity contribution < 1.29 is 33.0 Å². The van der Waals surface area contributed by atoms with Crippen LogP contribution in [0.3, 0.4) is 0 Å². The van der Waals surface area contributed by atoms with Gasteiger partial charge in [0.25, 0.3) is 0 Å². The number of carbonyl (C=O) groups excluding carboxylic acids is 1. The minimum absolute atomic E-state index is 0.0790. The molecule has 0 saturated carbocycles. The second-order valence-corrected chi connectivity index (χ2v) is 10.2. The Hall–Kier alpha value is -2.09. The van der Waals surface area contributed by atoms with E-state index in [4.69, 9.17) is 36.3 Å². The summed E-state index contributed by atoms with van der Waals surface area (Å²) in [7, 11) is -1.70. The first-order valence-corrected chi connectivity index (χ1v) is 12.9. The van der Waals surface area contributed by atoms with Gasteiger partial charge >= 0.3 is 13.0 Å². The minimum atomic E-state index is -2.22. The number of aliphatic hydroxyl groups is 1.